The molecule has 0 heterocycles. The van der Waals surface area contributed by atoms with Gasteiger partial charge >= 0.3 is 0 Å². The fourth-order valence-electron chi connectivity index (χ4n) is 3.47. The van der Waals surface area contributed by atoms with Gasteiger partial charge in [0.2, 0.25) is 11.7 Å². The minimum Gasteiger partial charge on any atom is -0.493 e. The number of anilines is 1. The molecule has 1 aromatic rings. The molecule has 0 aliphatic heterocycles. The first kappa shape index (κ1) is 19.4. The number of benzene rings is 1. The number of nitrogens with one attached hydrogen (secondary N) is 1. The Hall–Kier alpha value is -1.95. The lowest BCUT2D eigenvalue weighted by Crippen LogP contribution is -2.34. The standard InChI is InChI=1S/C19H30N2O4/c1-21(12-14-8-6-5-7-9-14)13-18(22)20-15-10-16(23-2)19(25-4)17(11-15)24-3/h10-11,14H,5-9,12-13H2,1-4H3,(H,20,22). The largest absolute Gasteiger partial charge is 0.493 e. The molecule has 0 aromatic heterocycles. The first-order chi connectivity index (χ1) is 12.1. The molecule has 2 rings (SSSR count). The van der Waals surface area contributed by atoms with Crippen LogP contribution in [0.4, 0.5) is 5.69 Å². The number of nitrogens with zero attached hydrogens (tertiary/aromatic N) is 1. The van der Waals surface area contributed by atoms with Crippen LogP contribution in [0.15, 0.2) is 12.1 Å². The average molecular weight is 350 g/mol. The van der Waals surface area contributed by atoms with Crippen molar-refractivity contribution < 1.29 is 19.0 Å². The lowest BCUT2D eigenvalue weighted by atomic mass is 9.89. The van der Waals surface area contributed by atoms with Crippen molar-refractivity contribution in [3.63, 3.8) is 0 Å². The molecule has 1 aromatic carbocycles. The van der Waals surface area contributed by atoms with Crippen LogP contribution in [0.1, 0.15) is 32.1 Å². The number of hydrogen-bond acceptors (Lipinski definition) is 5. The lowest BCUT2D eigenvalue weighted by molar-refractivity contribution is -0.117. The highest BCUT2D eigenvalue weighted by atomic mass is 16.5. The van der Waals surface area contributed by atoms with Gasteiger partial charge in [-0.3, -0.25) is 9.69 Å². The fourth-order valence-corrected chi connectivity index (χ4v) is 3.47. The second-order valence-electron chi connectivity index (χ2n) is 6.66. The van der Waals surface area contributed by atoms with E-state index < -0.39 is 0 Å². The highest BCUT2D eigenvalue weighted by molar-refractivity contribution is 5.93. The van der Waals surface area contributed by atoms with Gasteiger partial charge in [0.15, 0.2) is 11.5 Å². The monoisotopic (exact) mass is 350 g/mol. The average Bonchev–Trinajstić information content (AvgIpc) is 2.61. The highest BCUT2D eigenvalue weighted by Crippen LogP contribution is 2.39. The molecule has 1 amide bonds. The molecular formula is C19H30N2O4. The van der Waals surface area contributed by atoms with Crippen molar-refractivity contribution in [2.45, 2.75) is 32.1 Å². The van der Waals surface area contributed by atoms with Gasteiger partial charge in [-0.25, -0.2) is 0 Å². The molecule has 0 saturated heterocycles. The van der Waals surface area contributed by atoms with Crippen LogP contribution in [-0.2, 0) is 4.79 Å². The number of methoxy groups -OCH3 is 3. The molecule has 6 heteroatoms. The zero-order valence-electron chi connectivity index (χ0n) is 15.8. The van der Waals surface area contributed by atoms with E-state index in [1.165, 1.54) is 32.1 Å². The Bertz CT molecular complexity index is 546. The minimum absolute atomic E-state index is 0.0485. The molecular weight excluding hydrogens is 320 g/mol. The first-order valence-electron chi connectivity index (χ1n) is 8.85. The van der Waals surface area contributed by atoms with Crippen LogP contribution >= 0.6 is 0 Å². The molecule has 0 bridgehead atoms. The van der Waals surface area contributed by atoms with Gasteiger partial charge in [0.25, 0.3) is 0 Å². The molecule has 140 valence electrons. The summed E-state index contributed by atoms with van der Waals surface area (Å²) in [5.41, 5.74) is 0.630. The van der Waals surface area contributed by atoms with Crippen LogP contribution in [0.3, 0.4) is 0 Å². The van der Waals surface area contributed by atoms with Crippen molar-refractivity contribution in [3.8, 4) is 17.2 Å². The zero-order chi connectivity index (χ0) is 18.2. The van der Waals surface area contributed by atoms with Crippen molar-refractivity contribution in [1.82, 2.24) is 4.90 Å². The third-order valence-corrected chi connectivity index (χ3v) is 4.66. The molecule has 1 fully saturated rings. The molecule has 0 spiro atoms. The summed E-state index contributed by atoms with van der Waals surface area (Å²) < 4.78 is 15.9. The summed E-state index contributed by atoms with van der Waals surface area (Å²) in [5.74, 6) is 2.22. The van der Waals surface area contributed by atoms with Crippen LogP contribution in [0.25, 0.3) is 0 Å². The van der Waals surface area contributed by atoms with E-state index in [0.717, 1.165) is 6.54 Å². The number of carbonyl (C=O) groups excluding carboxylic acids is 1. The molecule has 1 saturated carbocycles. The molecule has 0 atom stereocenters. The third kappa shape index (κ3) is 5.53. The smallest absolute Gasteiger partial charge is 0.238 e. The second kappa shape index (κ2) is 9.51. The zero-order valence-corrected chi connectivity index (χ0v) is 15.8. The number of hydrogen-bond donors (Lipinski definition) is 1. The fraction of sp³-hybridized carbons (Fsp3) is 0.632. The Balaban J connectivity index is 1.95. The normalized spacial score (nSPS) is 15.1. The predicted octanol–water partition coefficient (Wildman–Crippen LogP) is 3.16. The van der Waals surface area contributed by atoms with E-state index in [2.05, 4.69) is 10.2 Å². The maximum absolute atomic E-state index is 12.4. The minimum atomic E-state index is -0.0485. The van der Waals surface area contributed by atoms with Gasteiger partial charge in [-0.2, -0.15) is 0 Å². The molecule has 6 nitrogen and oxygen atoms in total. The summed E-state index contributed by atoms with van der Waals surface area (Å²) in [6.07, 6.45) is 6.53. The summed E-state index contributed by atoms with van der Waals surface area (Å²) >= 11 is 0. The van der Waals surface area contributed by atoms with Crippen molar-refractivity contribution in [2.24, 2.45) is 5.92 Å². The third-order valence-electron chi connectivity index (χ3n) is 4.66. The van der Waals surface area contributed by atoms with Crippen LogP contribution in [0, 0.1) is 5.92 Å². The number of amides is 1. The first-order valence-corrected chi connectivity index (χ1v) is 8.85. The molecule has 1 aliphatic carbocycles. The van der Waals surface area contributed by atoms with Crippen LogP contribution in [0.5, 0.6) is 17.2 Å². The van der Waals surface area contributed by atoms with Gasteiger partial charge in [0, 0.05) is 24.4 Å². The SMILES string of the molecule is COc1cc(NC(=O)CN(C)CC2CCCCC2)cc(OC)c1OC. The summed E-state index contributed by atoms with van der Waals surface area (Å²) in [6, 6.07) is 3.47. The Morgan fingerprint density at radius 2 is 1.68 bits per heavy atom. The Labute approximate surface area is 150 Å². The van der Waals surface area contributed by atoms with E-state index in [0.29, 0.717) is 35.4 Å². The van der Waals surface area contributed by atoms with Crippen LogP contribution in [-0.4, -0.2) is 52.3 Å². The van der Waals surface area contributed by atoms with Crippen molar-refractivity contribution in [3.05, 3.63) is 12.1 Å². The Morgan fingerprint density at radius 1 is 1.08 bits per heavy atom. The van der Waals surface area contributed by atoms with E-state index in [4.69, 9.17) is 14.2 Å². The van der Waals surface area contributed by atoms with Gasteiger partial charge in [-0.05, 0) is 25.8 Å². The van der Waals surface area contributed by atoms with Crippen molar-refractivity contribution in [1.29, 1.82) is 0 Å². The second-order valence-corrected chi connectivity index (χ2v) is 6.66. The van der Waals surface area contributed by atoms with Crippen LogP contribution < -0.4 is 19.5 Å². The molecule has 25 heavy (non-hydrogen) atoms. The Morgan fingerprint density at radius 3 is 2.20 bits per heavy atom. The summed E-state index contributed by atoms with van der Waals surface area (Å²) in [7, 11) is 6.67. The maximum atomic E-state index is 12.4. The quantitative estimate of drug-likeness (QED) is 0.780. The maximum Gasteiger partial charge on any atom is 0.238 e. The van der Waals surface area contributed by atoms with Gasteiger partial charge in [0.1, 0.15) is 0 Å². The van der Waals surface area contributed by atoms with E-state index >= 15 is 0 Å². The summed E-state index contributed by atoms with van der Waals surface area (Å²) in [5, 5.41) is 2.91. The van der Waals surface area contributed by atoms with E-state index in [1.54, 1.807) is 33.5 Å². The van der Waals surface area contributed by atoms with Crippen molar-refractivity contribution in [2.75, 3.05) is 46.8 Å². The number of rotatable bonds is 8. The predicted molar refractivity (Wildman–Crippen MR) is 98.8 cm³/mol. The van der Waals surface area contributed by atoms with E-state index in [-0.39, 0.29) is 5.91 Å². The topological polar surface area (TPSA) is 60.0 Å². The summed E-state index contributed by atoms with van der Waals surface area (Å²) in [6.45, 7) is 1.34. The Kier molecular flexibility index (Phi) is 7.37. The highest BCUT2D eigenvalue weighted by Gasteiger charge is 2.18. The molecule has 1 N–H and O–H groups in total. The van der Waals surface area contributed by atoms with Crippen LogP contribution in [0.2, 0.25) is 0 Å². The van der Waals surface area contributed by atoms with E-state index in [9.17, 15) is 4.79 Å². The van der Waals surface area contributed by atoms with Crippen molar-refractivity contribution >= 4 is 11.6 Å². The number of carbonyl (C=O) groups is 1. The summed E-state index contributed by atoms with van der Waals surface area (Å²) in [4.78, 5) is 14.5. The molecule has 1 aliphatic rings. The lowest BCUT2D eigenvalue weighted by Gasteiger charge is -2.26. The number of likely N-dealkylation sites (N-methyl/N-ethyl adjacent to an activating group) is 1. The van der Waals surface area contributed by atoms with Gasteiger partial charge in [-0.15, -0.1) is 0 Å². The molecule has 0 unspecified atom stereocenters. The van der Waals surface area contributed by atoms with Gasteiger partial charge in [-0.1, -0.05) is 19.3 Å². The molecule has 0 radical (unpaired) electrons. The van der Waals surface area contributed by atoms with Gasteiger partial charge < -0.3 is 19.5 Å². The van der Waals surface area contributed by atoms with Gasteiger partial charge in [0.05, 0.1) is 27.9 Å². The van der Waals surface area contributed by atoms with E-state index in [1.807, 2.05) is 7.05 Å². The number of ether oxygens (including phenoxy) is 3.